The quantitative estimate of drug-likeness (QED) is 0.618. The third-order valence-electron chi connectivity index (χ3n) is 1.83. The summed E-state index contributed by atoms with van der Waals surface area (Å²) in [5.41, 5.74) is 0. The van der Waals surface area contributed by atoms with Gasteiger partial charge in [-0.1, -0.05) is 50.5 Å². The second-order valence-corrected chi connectivity index (χ2v) is 4.92. The molecule has 0 aliphatic rings. The second kappa shape index (κ2) is 56.9. The van der Waals surface area contributed by atoms with Crippen LogP contribution in [0.4, 0.5) is 0 Å². The van der Waals surface area contributed by atoms with Crippen molar-refractivity contribution < 1.29 is 18.9 Å². The van der Waals surface area contributed by atoms with E-state index in [1.807, 2.05) is 28.3 Å². The highest BCUT2D eigenvalue weighted by molar-refractivity contribution is 4.34. The molecule has 4 heteroatoms. The summed E-state index contributed by atoms with van der Waals surface area (Å²) in [5, 5.41) is 0. The van der Waals surface area contributed by atoms with E-state index in [0.29, 0.717) is 6.10 Å². The fourth-order valence-corrected chi connectivity index (χ4v) is 0.589. The van der Waals surface area contributed by atoms with Gasteiger partial charge in [0, 0.05) is 33.1 Å². The third-order valence-corrected chi connectivity index (χ3v) is 1.83. The zero-order chi connectivity index (χ0) is 16.8. The zero-order valence-electron chi connectivity index (χ0n) is 15.8. The Morgan fingerprint density at radius 2 is 1.00 bits per heavy atom. The summed E-state index contributed by atoms with van der Waals surface area (Å²) < 4.78 is 15.4. The molecule has 0 aliphatic carbocycles. The lowest BCUT2D eigenvalue weighted by atomic mass is 10.2. The highest BCUT2D eigenvalue weighted by Gasteiger charge is 1.90. The van der Waals surface area contributed by atoms with Gasteiger partial charge in [-0.15, -0.1) is 0 Å². The van der Waals surface area contributed by atoms with Crippen LogP contribution in [0, 0.1) is 5.92 Å². The second-order valence-electron chi connectivity index (χ2n) is 4.92. The van der Waals surface area contributed by atoms with Gasteiger partial charge in [0.1, 0.15) is 54.4 Å². The van der Waals surface area contributed by atoms with Crippen LogP contribution >= 0.6 is 0 Å². The van der Waals surface area contributed by atoms with Crippen LogP contribution in [0.1, 0.15) is 77.7 Å². The Morgan fingerprint density at radius 1 is 0.667 bits per heavy atom. The molecule has 0 unspecified atom stereocenters. The lowest BCUT2D eigenvalue weighted by molar-refractivity contribution is -0.0381. The smallest absolute Gasteiger partial charge is 0.148 e. The standard InChI is InChI=1S/C5H12O.2C4H10O.C3H8O.4CH4/c1-5(2)4-6-3;1-4(2)5-3;1-3-4-5-2;1-3-4-2;;;;/h5H,4H2,1-3H3;4H,1-3H3;3-4H2,1-2H3;3H2,1-2H3;4*1H4/p+4. The van der Waals surface area contributed by atoms with E-state index in [0.717, 1.165) is 25.7 Å². The lowest BCUT2D eigenvalue weighted by Gasteiger charge is -1.94. The molecule has 0 rings (SSSR count). The molecule has 0 radical (unpaired) electrons. The van der Waals surface area contributed by atoms with Crippen molar-refractivity contribution >= 4 is 0 Å². The van der Waals surface area contributed by atoms with Crippen LogP contribution in [0.15, 0.2) is 0 Å². The molecule has 0 spiro atoms. The summed E-state index contributed by atoms with van der Waals surface area (Å²) >= 11 is 0. The first kappa shape index (κ1) is 49.6. The molecule has 0 aromatic rings. The van der Waals surface area contributed by atoms with E-state index < -0.39 is 0 Å². The number of hydrogen-bond acceptors (Lipinski definition) is 0. The average Bonchev–Trinajstić information content (AvgIpc) is 2.41. The molecule has 0 atom stereocenters. The number of rotatable bonds is 6. The lowest BCUT2D eigenvalue weighted by Crippen LogP contribution is -2.00. The molecule has 0 aromatic carbocycles. The summed E-state index contributed by atoms with van der Waals surface area (Å²) in [4.78, 5) is 0. The van der Waals surface area contributed by atoms with E-state index in [9.17, 15) is 0 Å². The molecule has 0 amide bonds. The molecule has 0 aliphatic heterocycles. The first-order chi connectivity index (χ1) is 9.37. The van der Waals surface area contributed by atoms with E-state index in [1.165, 1.54) is 6.42 Å². The van der Waals surface area contributed by atoms with Crippen LogP contribution in [0.5, 0.6) is 0 Å². The maximum Gasteiger partial charge on any atom is 0.148 e. The molecule has 0 saturated carbocycles. The number of aliphatic hydroxyl groups is 8. The van der Waals surface area contributed by atoms with Gasteiger partial charge in [0.05, 0.1) is 0 Å². The first-order valence-corrected chi connectivity index (χ1v) is 7.63. The van der Waals surface area contributed by atoms with Crippen LogP contribution in [0.3, 0.4) is 0 Å². The Balaban J connectivity index is -0.0000000226. The van der Waals surface area contributed by atoms with E-state index >= 15 is 0 Å². The van der Waals surface area contributed by atoms with Crippen molar-refractivity contribution in [2.45, 2.75) is 83.8 Å². The van der Waals surface area contributed by atoms with Crippen molar-refractivity contribution in [3.63, 3.8) is 0 Å². The molecule has 0 heterocycles. The van der Waals surface area contributed by atoms with E-state index in [-0.39, 0.29) is 29.7 Å². The Bertz CT molecular complexity index is 114. The molecule has 0 fully saturated rings. The largest absolute Gasteiger partial charge is 0.436 e. The normalized spacial score (nSPS) is 7.50. The SMILES string of the molecule is C.C.C.C.CCC[OH+]C.CC[OH+]C.C[OH+]C(C)C.C[OH+]CC(C)C. The molecule has 160 valence electrons. The zero-order valence-corrected chi connectivity index (χ0v) is 15.8. The van der Waals surface area contributed by atoms with Gasteiger partial charge in [-0.2, -0.15) is 0 Å². The molecule has 0 saturated heterocycles. The van der Waals surface area contributed by atoms with Crippen molar-refractivity contribution in [2.24, 2.45) is 5.92 Å². The summed E-state index contributed by atoms with van der Waals surface area (Å²) in [5.74, 6) is 0.731. The fourth-order valence-electron chi connectivity index (χ4n) is 0.589. The minimum absolute atomic E-state index is 0. The Hall–Kier alpha value is -0.160. The molecular formula is C20H60O4+4. The van der Waals surface area contributed by atoms with Crippen molar-refractivity contribution in [1.82, 2.24) is 0 Å². The molecular weight excluding hydrogens is 304 g/mol. The van der Waals surface area contributed by atoms with Crippen molar-refractivity contribution in [1.29, 1.82) is 0 Å². The molecule has 24 heavy (non-hydrogen) atoms. The fraction of sp³-hybridized carbons (Fsp3) is 1.00. The van der Waals surface area contributed by atoms with Gasteiger partial charge in [-0.3, -0.25) is 0 Å². The minimum atomic E-state index is 0. The van der Waals surface area contributed by atoms with Gasteiger partial charge in [-0.25, -0.2) is 0 Å². The highest BCUT2D eigenvalue weighted by atomic mass is 16.5. The monoisotopic (exact) mass is 364 g/mol. The third kappa shape index (κ3) is 154. The Labute approximate surface area is 157 Å². The molecule has 4 N–H and O–H groups in total. The highest BCUT2D eigenvalue weighted by Crippen LogP contribution is 1.86. The summed E-state index contributed by atoms with van der Waals surface area (Å²) in [6.45, 7) is 15.5. The van der Waals surface area contributed by atoms with Crippen LogP contribution in [-0.2, 0) is 0 Å². The van der Waals surface area contributed by atoms with Crippen LogP contribution in [-0.4, -0.2) is 73.3 Å². The van der Waals surface area contributed by atoms with Gasteiger partial charge in [0.15, 0.2) is 0 Å². The molecule has 0 bridgehead atoms. The van der Waals surface area contributed by atoms with Crippen molar-refractivity contribution in [3.8, 4) is 0 Å². The van der Waals surface area contributed by atoms with Crippen molar-refractivity contribution in [3.05, 3.63) is 0 Å². The average molecular weight is 365 g/mol. The van der Waals surface area contributed by atoms with Crippen LogP contribution in [0.25, 0.3) is 0 Å². The van der Waals surface area contributed by atoms with E-state index in [1.54, 1.807) is 7.11 Å². The molecule has 4 nitrogen and oxygen atoms in total. The van der Waals surface area contributed by atoms with Crippen LogP contribution in [0.2, 0.25) is 0 Å². The summed E-state index contributed by atoms with van der Waals surface area (Å²) in [6, 6.07) is 0. The predicted octanol–water partition coefficient (Wildman–Crippen LogP) is 4.62. The van der Waals surface area contributed by atoms with Gasteiger partial charge < -0.3 is 18.9 Å². The number of ether oxygens (including phenoxy) is 4. The summed E-state index contributed by atoms with van der Waals surface area (Å²) in [7, 11) is 7.31. The van der Waals surface area contributed by atoms with Gasteiger partial charge in [0.2, 0.25) is 0 Å². The van der Waals surface area contributed by atoms with E-state index in [2.05, 4.69) is 53.6 Å². The number of hydrogen-bond donors (Lipinski definition) is 0. The van der Waals surface area contributed by atoms with Gasteiger partial charge in [0.25, 0.3) is 0 Å². The predicted molar refractivity (Wildman–Crippen MR) is 120 cm³/mol. The summed E-state index contributed by atoms with van der Waals surface area (Å²) in [6.07, 6.45) is 1.69. The van der Waals surface area contributed by atoms with E-state index in [4.69, 9.17) is 0 Å². The van der Waals surface area contributed by atoms with Gasteiger partial charge in [-0.05, 0) is 0 Å². The Morgan fingerprint density at radius 3 is 1.00 bits per heavy atom. The maximum absolute atomic E-state index is 3.94. The van der Waals surface area contributed by atoms with Crippen molar-refractivity contribution in [2.75, 3.05) is 48.3 Å². The molecule has 0 aromatic heterocycles. The Kier molecular flexibility index (Phi) is 117. The van der Waals surface area contributed by atoms with Gasteiger partial charge >= 0.3 is 0 Å². The van der Waals surface area contributed by atoms with Crippen LogP contribution < -0.4 is 0 Å². The minimum Gasteiger partial charge on any atom is -0.436 e. The maximum atomic E-state index is 3.94. The topological polar surface area (TPSA) is 51.2 Å². The first-order valence-electron chi connectivity index (χ1n) is 7.63.